The second kappa shape index (κ2) is 3.63. The van der Waals surface area contributed by atoms with E-state index in [9.17, 15) is 0 Å². The van der Waals surface area contributed by atoms with Crippen LogP contribution in [-0.4, -0.2) is 37.2 Å². The molecule has 0 saturated carbocycles. The Morgan fingerprint density at radius 3 is 2.55 bits per heavy atom. The number of nitrogens with zero attached hydrogens (tertiary/aromatic N) is 2. The van der Waals surface area contributed by atoms with E-state index in [1.54, 1.807) is 0 Å². The van der Waals surface area contributed by atoms with Gasteiger partial charge >= 0.3 is 6.98 Å². The molecule has 0 bridgehead atoms. The van der Waals surface area contributed by atoms with Crippen molar-refractivity contribution in [2.45, 2.75) is 6.92 Å². The summed E-state index contributed by atoms with van der Waals surface area (Å²) in [6.45, 7) is 3.66. The van der Waals surface area contributed by atoms with Crippen molar-refractivity contribution in [3.05, 3.63) is 24.3 Å². The maximum atomic E-state index is 2.29. The maximum absolute atomic E-state index is 2.29. The highest BCUT2D eigenvalue weighted by atomic mass is 15.2. The van der Waals surface area contributed by atoms with E-state index in [-0.39, 0.29) is 0 Å². The van der Waals surface area contributed by atoms with Gasteiger partial charge in [0.15, 0.2) is 0 Å². The van der Waals surface area contributed by atoms with Crippen molar-refractivity contribution in [1.29, 1.82) is 0 Å². The Kier molecular flexibility index (Phi) is 2.77. The minimum absolute atomic E-state index is 0.435. The predicted octanol–water partition coefficient (Wildman–Crippen LogP) is 0.981. The summed E-state index contributed by atoms with van der Waals surface area (Å²) in [6.07, 6.45) is 6.30. The monoisotopic (exact) mass is 150 g/mol. The second-order valence-corrected chi connectivity index (χ2v) is 2.93. The maximum Gasteiger partial charge on any atom is 0.370 e. The van der Waals surface area contributed by atoms with E-state index < -0.39 is 0 Å². The van der Waals surface area contributed by atoms with Gasteiger partial charge in [0.05, 0.1) is 0 Å². The van der Waals surface area contributed by atoms with Crippen molar-refractivity contribution in [2.75, 3.05) is 20.6 Å². The molecule has 0 amide bonds. The van der Waals surface area contributed by atoms with Crippen LogP contribution >= 0.6 is 0 Å². The third-order valence-corrected chi connectivity index (χ3v) is 1.91. The highest BCUT2D eigenvalue weighted by Crippen LogP contribution is 2.05. The van der Waals surface area contributed by atoms with Gasteiger partial charge < -0.3 is 9.62 Å². The zero-order valence-electron chi connectivity index (χ0n) is 7.49. The first-order chi connectivity index (χ1) is 5.25. The molecule has 0 saturated heterocycles. The summed E-state index contributed by atoms with van der Waals surface area (Å²) >= 11 is 0. The fourth-order valence-electron chi connectivity index (χ4n) is 1.28. The molecule has 2 nitrogen and oxygen atoms in total. The minimum Gasteiger partial charge on any atom is -0.404 e. The summed E-state index contributed by atoms with van der Waals surface area (Å²) in [5.74, 6) is 2.20. The third kappa shape index (κ3) is 1.87. The topological polar surface area (TPSA) is 6.48 Å². The van der Waals surface area contributed by atoms with E-state index in [1.165, 1.54) is 0 Å². The summed E-state index contributed by atoms with van der Waals surface area (Å²) < 4.78 is 0. The third-order valence-electron chi connectivity index (χ3n) is 1.91. The van der Waals surface area contributed by atoms with Crippen LogP contribution in [0.3, 0.4) is 0 Å². The molecule has 3 heteroatoms. The molecule has 0 aliphatic carbocycles. The van der Waals surface area contributed by atoms with Gasteiger partial charge in [-0.3, -0.25) is 0 Å². The summed E-state index contributed by atoms with van der Waals surface area (Å²) in [5, 5.41) is 0. The van der Waals surface area contributed by atoms with Crippen molar-refractivity contribution in [1.82, 2.24) is 9.62 Å². The molecule has 0 atom stereocenters. The second-order valence-electron chi connectivity index (χ2n) is 2.93. The van der Waals surface area contributed by atoms with Crippen LogP contribution in [0.4, 0.5) is 0 Å². The molecule has 0 unspecified atom stereocenters. The fraction of sp³-hybridized carbons (Fsp3) is 0.500. The standard InChI is InChI=1S/C8H15BN2/c1-4-11-8-6-5-7-9(11)10(2)3/h5-8H,4H2,1-3H3. The van der Waals surface area contributed by atoms with E-state index in [1.807, 2.05) is 0 Å². The number of hydrogen-bond acceptors (Lipinski definition) is 2. The van der Waals surface area contributed by atoms with Gasteiger partial charge in [-0.1, -0.05) is 12.1 Å². The predicted molar refractivity (Wildman–Crippen MR) is 50.1 cm³/mol. The SMILES string of the molecule is CCN1C=CC=CB1N(C)C. The normalized spacial score (nSPS) is 16.7. The van der Waals surface area contributed by atoms with Crippen LogP contribution < -0.4 is 0 Å². The Labute approximate surface area is 69.3 Å². The molecule has 0 radical (unpaired) electrons. The van der Waals surface area contributed by atoms with Crippen LogP contribution in [0.5, 0.6) is 0 Å². The molecular weight excluding hydrogens is 135 g/mol. The van der Waals surface area contributed by atoms with Gasteiger partial charge in [0.1, 0.15) is 0 Å². The Morgan fingerprint density at radius 1 is 1.36 bits per heavy atom. The molecule has 0 aromatic carbocycles. The Hall–Kier alpha value is -0.695. The average molecular weight is 150 g/mol. The molecule has 0 N–H and O–H groups in total. The average Bonchev–Trinajstić information content (AvgIpc) is 2.04. The lowest BCUT2D eigenvalue weighted by Gasteiger charge is -2.30. The molecule has 0 spiro atoms. The van der Waals surface area contributed by atoms with Gasteiger partial charge in [0.25, 0.3) is 0 Å². The largest absolute Gasteiger partial charge is 0.404 e. The van der Waals surface area contributed by atoms with Crippen LogP contribution in [0.1, 0.15) is 6.92 Å². The van der Waals surface area contributed by atoms with Gasteiger partial charge in [0, 0.05) is 6.54 Å². The van der Waals surface area contributed by atoms with Crippen LogP contribution in [0.15, 0.2) is 24.3 Å². The highest BCUT2D eigenvalue weighted by molar-refractivity contribution is 6.59. The van der Waals surface area contributed by atoms with Crippen LogP contribution in [-0.2, 0) is 0 Å². The van der Waals surface area contributed by atoms with E-state index >= 15 is 0 Å². The van der Waals surface area contributed by atoms with E-state index in [0.717, 1.165) is 6.54 Å². The highest BCUT2D eigenvalue weighted by Gasteiger charge is 2.20. The molecule has 0 fully saturated rings. The lowest BCUT2D eigenvalue weighted by atomic mass is 9.71. The van der Waals surface area contributed by atoms with E-state index in [2.05, 4.69) is 55.0 Å². The number of hydrogen-bond donors (Lipinski definition) is 0. The lowest BCUT2D eigenvalue weighted by Crippen LogP contribution is -2.46. The van der Waals surface area contributed by atoms with E-state index in [0.29, 0.717) is 6.98 Å². The molecule has 60 valence electrons. The van der Waals surface area contributed by atoms with Gasteiger partial charge in [0.2, 0.25) is 0 Å². The summed E-state index contributed by atoms with van der Waals surface area (Å²) in [6, 6.07) is 0. The zero-order valence-corrected chi connectivity index (χ0v) is 7.49. The van der Waals surface area contributed by atoms with Crippen LogP contribution in [0, 0.1) is 0 Å². The Balaban J connectivity index is 2.63. The Morgan fingerprint density at radius 2 is 2.09 bits per heavy atom. The van der Waals surface area contributed by atoms with Crippen molar-refractivity contribution in [3.63, 3.8) is 0 Å². The summed E-state index contributed by atoms with van der Waals surface area (Å²) in [5.41, 5.74) is 0. The van der Waals surface area contributed by atoms with Crippen molar-refractivity contribution in [2.24, 2.45) is 0 Å². The van der Waals surface area contributed by atoms with Crippen molar-refractivity contribution in [3.8, 4) is 0 Å². The first kappa shape index (κ1) is 8.40. The number of allylic oxidation sites excluding steroid dienone is 2. The summed E-state index contributed by atoms with van der Waals surface area (Å²) in [7, 11) is 4.19. The molecule has 1 aliphatic rings. The smallest absolute Gasteiger partial charge is 0.370 e. The van der Waals surface area contributed by atoms with Gasteiger partial charge in [-0.15, -0.1) is 0 Å². The van der Waals surface area contributed by atoms with Gasteiger partial charge in [-0.25, -0.2) is 0 Å². The molecule has 1 heterocycles. The first-order valence-electron chi connectivity index (χ1n) is 4.03. The van der Waals surface area contributed by atoms with E-state index in [4.69, 9.17) is 0 Å². The molecule has 0 aromatic heterocycles. The molecular formula is C8H15BN2. The van der Waals surface area contributed by atoms with Crippen LogP contribution in [0.25, 0.3) is 0 Å². The van der Waals surface area contributed by atoms with Crippen molar-refractivity contribution >= 4 is 6.98 Å². The minimum atomic E-state index is 0.435. The first-order valence-corrected chi connectivity index (χ1v) is 4.03. The lowest BCUT2D eigenvalue weighted by molar-refractivity contribution is 0.514. The van der Waals surface area contributed by atoms with Gasteiger partial charge in [-0.05, 0) is 33.3 Å². The summed E-state index contributed by atoms with van der Waals surface area (Å²) in [4.78, 5) is 4.49. The molecule has 0 aromatic rings. The zero-order chi connectivity index (χ0) is 8.27. The number of rotatable bonds is 2. The van der Waals surface area contributed by atoms with Crippen LogP contribution in [0.2, 0.25) is 0 Å². The quantitative estimate of drug-likeness (QED) is 0.541. The molecule has 11 heavy (non-hydrogen) atoms. The Bertz CT molecular complexity index is 175. The molecule has 1 aliphatic heterocycles. The van der Waals surface area contributed by atoms with Crippen molar-refractivity contribution < 1.29 is 0 Å². The fourth-order valence-corrected chi connectivity index (χ4v) is 1.28. The van der Waals surface area contributed by atoms with Gasteiger partial charge in [-0.2, -0.15) is 0 Å². The molecule has 1 rings (SSSR count).